The fraction of sp³-hybridized carbons (Fsp3) is 0. The summed E-state index contributed by atoms with van der Waals surface area (Å²) in [6.07, 6.45) is 0. The van der Waals surface area contributed by atoms with Gasteiger partial charge in [-0.2, -0.15) is 0 Å². The fourth-order valence-electron chi connectivity index (χ4n) is 0.534. The number of aromatic nitrogens is 2. The normalized spacial score (nSPS) is 9.00. The molecule has 1 aromatic rings. The number of carbonyl (C=O) groups is 1. The quantitative estimate of drug-likeness (QED) is 0.257. The second-order valence-electron chi connectivity index (χ2n) is 1.66. The average Bonchev–Trinajstić information content (AvgIpc) is 2.32. The van der Waals surface area contributed by atoms with Crippen LogP contribution in [-0.4, -0.2) is 11.1 Å². The maximum atomic E-state index is 10.7. The van der Waals surface area contributed by atoms with E-state index in [4.69, 9.17) is 11.3 Å². The molecule has 0 saturated heterocycles. The van der Waals surface area contributed by atoms with Crippen molar-refractivity contribution in [1.82, 2.24) is 5.16 Å². The van der Waals surface area contributed by atoms with Crippen LogP contribution in [0.1, 0.15) is 10.5 Å². The molecule has 0 atom stereocenters. The number of hydrogen-bond acceptors (Lipinski definition) is 5. The van der Waals surface area contributed by atoms with Crippen LogP contribution in [0.4, 0.5) is 5.82 Å². The molecule has 12 heavy (non-hydrogen) atoms. The molecule has 0 aliphatic heterocycles. The first kappa shape index (κ1) is 7.82. The predicted octanol–water partition coefficient (Wildman–Crippen LogP) is -0.659. The molecule has 0 spiro atoms. The Morgan fingerprint density at radius 1 is 1.92 bits per heavy atom. The Kier molecular flexibility index (Phi) is 1.80. The molecule has 1 heterocycles. The number of hydrogen-bond donors (Lipinski definition) is 1. The molecular weight excluding hydrogens is 168 g/mol. The zero-order valence-corrected chi connectivity index (χ0v) is 5.54. The van der Waals surface area contributed by atoms with Crippen LogP contribution in [0.15, 0.2) is 9.74 Å². The third-order valence-corrected chi connectivity index (χ3v) is 0.977. The monoisotopic (exact) mass is 170 g/mol. The molecule has 0 radical (unpaired) electrons. The van der Waals surface area contributed by atoms with E-state index in [9.17, 15) is 10.0 Å². The number of carbonyl (C=O) groups excluding carboxylic acids is 1. The molecule has 0 aliphatic rings. The molecule has 0 aromatic carbocycles. The van der Waals surface area contributed by atoms with Crippen molar-refractivity contribution >= 4 is 11.7 Å². The van der Waals surface area contributed by atoms with Gasteiger partial charge in [0.1, 0.15) is 0 Å². The molecule has 0 fully saturated rings. The number of nitrogen functional groups attached to an aromatic ring is 1. The smallest absolute Gasteiger partial charge is 0.316 e. The van der Waals surface area contributed by atoms with Gasteiger partial charge in [0.2, 0.25) is 0 Å². The van der Waals surface area contributed by atoms with Crippen molar-refractivity contribution in [3.8, 4) is 0 Å². The summed E-state index contributed by atoms with van der Waals surface area (Å²) in [5, 5.41) is 16.2. The van der Waals surface area contributed by atoms with E-state index < -0.39 is 17.4 Å². The number of nitrogens with zero attached hydrogens (tertiary/aromatic N) is 5. The fourth-order valence-corrected chi connectivity index (χ4v) is 0.534. The van der Waals surface area contributed by atoms with Crippen molar-refractivity contribution in [1.29, 1.82) is 0 Å². The van der Waals surface area contributed by atoms with Crippen LogP contribution in [0.5, 0.6) is 0 Å². The Bertz CT molecular complexity index is 343. The zero-order valence-electron chi connectivity index (χ0n) is 5.54. The first-order valence-electron chi connectivity index (χ1n) is 2.61. The molecule has 0 unspecified atom stereocenters. The van der Waals surface area contributed by atoms with Gasteiger partial charge in [0, 0.05) is 4.91 Å². The standard InChI is InChI=1S/C3H2N6O3/c4-2-1(3(10)6-8-5)9(11)12-7-2/h(H2,4,7). The SMILES string of the molecule is [N-]=[N+]=NC(=O)c1c(N)no[n+]1[O-]. The van der Waals surface area contributed by atoms with Crippen molar-refractivity contribution in [3.63, 3.8) is 0 Å². The summed E-state index contributed by atoms with van der Waals surface area (Å²) in [6, 6.07) is 0. The van der Waals surface area contributed by atoms with E-state index in [-0.39, 0.29) is 4.90 Å². The van der Waals surface area contributed by atoms with Crippen molar-refractivity contribution in [2.24, 2.45) is 5.11 Å². The highest BCUT2D eigenvalue weighted by atomic mass is 16.8. The van der Waals surface area contributed by atoms with Gasteiger partial charge in [-0.25, -0.2) is 0 Å². The van der Waals surface area contributed by atoms with Gasteiger partial charge in [0.05, 0.1) is 5.16 Å². The lowest BCUT2D eigenvalue weighted by molar-refractivity contribution is -0.803. The second kappa shape index (κ2) is 2.76. The van der Waals surface area contributed by atoms with E-state index in [1.54, 1.807) is 0 Å². The molecule has 62 valence electrons. The summed E-state index contributed by atoms with van der Waals surface area (Å²) in [7, 11) is 0. The van der Waals surface area contributed by atoms with E-state index in [0.29, 0.717) is 0 Å². The third kappa shape index (κ3) is 1.11. The number of nitrogens with two attached hydrogens (primary N) is 1. The van der Waals surface area contributed by atoms with Crippen LogP contribution in [0, 0.1) is 5.21 Å². The molecule has 1 rings (SSSR count). The van der Waals surface area contributed by atoms with Gasteiger partial charge >= 0.3 is 5.82 Å². The number of rotatable bonds is 1. The van der Waals surface area contributed by atoms with Crippen molar-refractivity contribution in [2.45, 2.75) is 0 Å². The number of azide groups is 1. The summed E-state index contributed by atoms with van der Waals surface area (Å²) in [4.78, 5) is 12.7. The topological polar surface area (TPSA) is 145 Å². The van der Waals surface area contributed by atoms with E-state index in [1.165, 1.54) is 0 Å². The molecule has 9 nitrogen and oxygen atoms in total. The molecule has 0 bridgehead atoms. The Morgan fingerprint density at radius 2 is 2.58 bits per heavy atom. The van der Waals surface area contributed by atoms with Gasteiger partial charge in [-0.05, 0) is 15.5 Å². The molecule has 1 amide bonds. The predicted molar refractivity (Wildman–Crippen MR) is 33.4 cm³/mol. The Hall–Kier alpha value is -2.28. The van der Waals surface area contributed by atoms with Crippen molar-refractivity contribution in [2.75, 3.05) is 5.73 Å². The lowest BCUT2D eigenvalue weighted by Crippen LogP contribution is -2.30. The van der Waals surface area contributed by atoms with Gasteiger partial charge in [0.25, 0.3) is 11.6 Å². The van der Waals surface area contributed by atoms with Crippen LogP contribution in [0.2, 0.25) is 0 Å². The van der Waals surface area contributed by atoms with E-state index in [2.05, 4.69) is 19.8 Å². The summed E-state index contributed by atoms with van der Waals surface area (Å²) in [5.74, 6) is -1.55. The minimum atomic E-state index is -1.13. The van der Waals surface area contributed by atoms with E-state index in [0.717, 1.165) is 0 Å². The highest BCUT2D eigenvalue weighted by molar-refractivity contribution is 5.95. The Morgan fingerprint density at radius 3 is 3.00 bits per heavy atom. The van der Waals surface area contributed by atoms with Crippen molar-refractivity contribution in [3.05, 3.63) is 21.3 Å². The molecule has 0 saturated carbocycles. The minimum Gasteiger partial charge on any atom is -0.359 e. The summed E-state index contributed by atoms with van der Waals surface area (Å²) in [5.41, 5.74) is 12.3. The maximum absolute atomic E-state index is 10.7. The summed E-state index contributed by atoms with van der Waals surface area (Å²) in [6.45, 7) is 0. The van der Waals surface area contributed by atoms with E-state index in [1.807, 2.05) is 0 Å². The van der Waals surface area contributed by atoms with Crippen LogP contribution in [-0.2, 0) is 0 Å². The highest BCUT2D eigenvalue weighted by Crippen LogP contribution is 2.03. The third-order valence-electron chi connectivity index (χ3n) is 0.977. The van der Waals surface area contributed by atoms with Crippen LogP contribution in [0.25, 0.3) is 10.4 Å². The lowest BCUT2D eigenvalue weighted by Gasteiger charge is -1.86. The van der Waals surface area contributed by atoms with Gasteiger partial charge in [-0.1, -0.05) is 0 Å². The highest BCUT2D eigenvalue weighted by Gasteiger charge is 2.22. The first-order chi connectivity index (χ1) is 5.66. The van der Waals surface area contributed by atoms with Crippen LogP contribution >= 0.6 is 0 Å². The average molecular weight is 170 g/mol. The zero-order chi connectivity index (χ0) is 9.14. The van der Waals surface area contributed by atoms with Crippen molar-refractivity contribution < 1.29 is 14.3 Å². The van der Waals surface area contributed by atoms with Gasteiger partial charge in [-0.15, -0.1) is 0 Å². The second-order valence-corrected chi connectivity index (χ2v) is 1.66. The van der Waals surface area contributed by atoms with Crippen LogP contribution < -0.4 is 10.6 Å². The van der Waals surface area contributed by atoms with Gasteiger partial charge in [0.15, 0.2) is 0 Å². The molecule has 0 aliphatic carbocycles. The van der Waals surface area contributed by atoms with Gasteiger partial charge < -0.3 is 10.9 Å². The van der Waals surface area contributed by atoms with Crippen LogP contribution in [0.3, 0.4) is 0 Å². The largest absolute Gasteiger partial charge is 0.359 e. The number of anilines is 1. The summed E-state index contributed by atoms with van der Waals surface area (Å²) >= 11 is 0. The van der Waals surface area contributed by atoms with E-state index >= 15 is 0 Å². The Labute approximate surface area is 64.5 Å². The minimum absolute atomic E-state index is 0.230. The summed E-state index contributed by atoms with van der Waals surface area (Å²) < 4.78 is 3.94. The molecule has 2 N–H and O–H groups in total. The molecule has 1 aromatic heterocycles. The lowest BCUT2D eigenvalue weighted by atomic mass is 10.4. The Balaban J connectivity index is 3.17. The van der Waals surface area contributed by atoms with Gasteiger partial charge in [-0.3, -0.25) is 9.42 Å². The first-order valence-corrected chi connectivity index (χ1v) is 2.61. The molecule has 9 heteroatoms. The molecular formula is C3H2N6O3. The number of amides is 1. The maximum Gasteiger partial charge on any atom is 0.316 e.